The molecule has 8 atom stereocenters. The molecule has 0 amide bonds. The first-order chi connectivity index (χ1) is 14.8. The molecule has 0 unspecified atom stereocenters. The molecule has 0 radical (unpaired) electrons. The van der Waals surface area contributed by atoms with Crippen molar-refractivity contribution < 1.29 is 49.6 Å². The van der Waals surface area contributed by atoms with Crippen LogP contribution in [0.2, 0.25) is 0 Å². The minimum Gasteiger partial charge on any atom is -0.508 e. The van der Waals surface area contributed by atoms with Crippen LogP contribution in [0.15, 0.2) is 42.5 Å². The summed E-state index contributed by atoms with van der Waals surface area (Å²) in [6.07, 6.45) is -4.91. The van der Waals surface area contributed by atoms with Crippen LogP contribution in [-0.4, -0.2) is 92.2 Å². The first kappa shape index (κ1) is 23.4. The summed E-state index contributed by atoms with van der Waals surface area (Å²) in [4.78, 5) is 12.3. The SMILES string of the molecule is O=C(C=Cc1ccc(O)cc1)O[C@H]1[C@H](O[C@H]2CC=C[C@@H](O)[C@@H]2O)O[C@H](CO)[C@@H](O)[C@@H]1O. The van der Waals surface area contributed by atoms with Crippen molar-refractivity contribution in [2.45, 2.75) is 55.4 Å². The second kappa shape index (κ2) is 10.3. The molecule has 0 aromatic heterocycles. The smallest absolute Gasteiger partial charge is 0.331 e. The van der Waals surface area contributed by atoms with Crippen molar-refractivity contribution in [1.29, 1.82) is 0 Å². The van der Waals surface area contributed by atoms with Crippen molar-refractivity contribution in [2.24, 2.45) is 0 Å². The molecule has 1 saturated heterocycles. The summed E-state index contributed by atoms with van der Waals surface area (Å²) in [5, 5.41) is 59.2. The van der Waals surface area contributed by atoms with E-state index in [9.17, 15) is 35.4 Å². The van der Waals surface area contributed by atoms with Crippen molar-refractivity contribution >= 4 is 12.0 Å². The number of benzene rings is 1. The molecule has 170 valence electrons. The minimum atomic E-state index is -1.64. The number of hydrogen-bond donors (Lipinski definition) is 6. The maximum absolute atomic E-state index is 12.3. The van der Waals surface area contributed by atoms with Gasteiger partial charge in [-0.05, 0) is 30.2 Å². The zero-order valence-electron chi connectivity index (χ0n) is 16.5. The van der Waals surface area contributed by atoms with E-state index < -0.39 is 61.6 Å². The van der Waals surface area contributed by atoms with Crippen molar-refractivity contribution in [3.8, 4) is 5.75 Å². The van der Waals surface area contributed by atoms with Gasteiger partial charge in [-0.25, -0.2) is 4.79 Å². The van der Waals surface area contributed by atoms with Gasteiger partial charge < -0.3 is 44.8 Å². The molecule has 10 heteroatoms. The van der Waals surface area contributed by atoms with Crippen LogP contribution in [0.25, 0.3) is 6.08 Å². The van der Waals surface area contributed by atoms with Gasteiger partial charge in [0.15, 0.2) is 12.4 Å². The molecule has 3 rings (SSSR count). The highest BCUT2D eigenvalue weighted by atomic mass is 16.7. The Labute approximate surface area is 178 Å². The number of phenolic OH excluding ortho intramolecular Hbond substituents is 1. The lowest BCUT2D eigenvalue weighted by atomic mass is 9.97. The highest BCUT2D eigenvalue weighted by Gasteiger charge is 2.48. The lowest BCUT2D eigenvalue weighted by Gasteiger charge is -2.43. The molecule has 0 bridgehead atoms. The van der Waals surface area contributed by atoms with Gasteiger partial charge in [0.1, 0.15) is 36.3 Å². The van der Waals surface area contributed by atoms with Gasteiger partial charge in [0, 0.05) is 6.08 Å². The molecule has 10 nitrogen and oxygen atoms in total. The van der Waals surface area contributed by atoms with Gasteiger partial charge in [-0.1, -0.05) is 24.3 Å². The Morgan fingerprint density at radius 3 is 2.48 bits per heavy atom. The highest BCUT2D eigenvalue weighted by Crippen LogP contribution is 2.28. The van der Waals surface area contributed by atoms with E-state index in [0.717, 1.165) is 6.08 Å². The summed E-state index contributed by atoms with van der Waals surface area (Å²) in [7, 11) is 0. The first-order valence-corrected chi connectivity index (χ1v) is 9.78. The second-order valence-electron chi connectivity index (χ2n) is 7.35. The number of hydrogen-bond acceptors (Lipinski definition) is 10. The fourth-order valence-corrected chi connectivity index (χ4v) is 3.35. The molecule has 1 heterocycles. The average Bonchev–Trinajstić information content (AvgIpc) is 2.76. The van der Waals surface area contributed by atoms with Crippen LogP contribution >= 0.6 is 0 Å². The number of esters is 1. The Balaban J connectivity index is 1.72. The van der Waals surface area contributed by atoms with Gasteiger partial charge in [0.2, 0.25) is 0 Å². The van der Waals surface area contributed by atoms with Gasteiger partial charge in [-0.2, -0.15) is 0 Å². The molecular formula is C21H26O10. The number of phenols is 1. The maximum Gasteiger partial charge on any atom is 0.331 e. The third-order valence-electron chi connectivity index (χ3n) is 5.12. The summed E-state index contributed by atoms with van der Waals surface area (Å²) in [6.45, 7) is -0.630. The average molecular weight is 438 g/mol. The summed E-state index contributed by atoms with van der Waals surface area (Å²) in [6, 6.07) is 6.03. The maximum atomic E-state index is 12.3. The molecular weight excluding hydrogens is 412 g/mol. The van der Waals surface area contributed by atoms with Gasteiger partial charge in [-0.3, -0.25) is 0 Å². The fraction of sp³-hybridized carbons (Fsp3) is 0.476. The van der Waals surface area contributed by atoms with Crippen LogP contribution in [0.3, 0.4) is 0 Å². The van der Waals surface area contributed by atoms with E-state index >= 15 is 0 Å². The summed E-state index contributed by atoms with van der Waals surface area (Å²) in [5.41, 5.74) is 0.606. The largest absolute Gasteiger partial charge is 0.508 e. The van der Waals surface area contributed by atoms with Crippen molar-refractivity contribution in [3.05, 3.63) is 48.1 Å². The van der Waals surface area contributed by atoms with Crippen LogP contribution in [-0.2, 0) is 19.0 Å². The predicted molar refractivity (Wildman–Crippen MR) is 105 cm³/mol. The molecule has 0 saturated carbocycles. The molecule has 1 aromatic carbocycles. The number of aromatic hydroxyl groups is 1. The minimum absolute atomic E-state index is 0.0690. The third kappa shape index (κ3) is 5.69. The molecule has 31 heavy (non-hydrogen) atoms. The van der Waals surface area contributed by atoms with Gasteiger partial charge >= 0.3 is 5.97 Å². The van der Waals surface area contributed by atoms with Gasteiger partial charge in [0.25, 0.3) is 0 Å². The zero-order chi connectivity index (χ0) is 22.5. The third-order valence-corrected chi connectivity index (χ3v) is 5.12. The Morgan fingerprint density at radius 2 is 1.81 bits per heavy atom. The Kier molecular flexibility index (Phi) is 7.79. The van der Waals surface area contributed by atoms with E-state index in [1.54, 1.807) is 18.2 Å². The second-order valence-corrected chi connectivity index (χ2v) is 7.35. The molecule has 1 fully saturated rings. The van der Waals surface area contributed by atoms with Gasteiger partial charge in [0.05, 0.1) is 12.7 Å². The van der Waals surface area contributed by atoms with Crippen LogP contribution in [0, 0.1) is 0 Å². The van der Waals surface area contributed by atoms with Crippen LogP contribution in [0.4, 0.5) is 0 Å². The Morgan fingerprint density at radius 1 is 1.10 bits per heavy atom. The van der Waals surface area contributed by atoms with Crippen LogP contribution < -0.4 is 0 Å². The number of carbonyl (C=O) groups is 1. The van der Waals surface area contributed by atoms with E-state index in [0.29, 0.717) is 5.56 Å². The first-order valence-electron chi connectivity index (χ1n) is 9.78. The standard InChI is InChI=1S/C21H26O10/c22-10-15-18(27)19(28)20(21(30-15)29-14-3-1-2-13(24)17(14)26)31-16(25)9-6-11-4-7-12(23)8-5-11/h1-2,4-9,13-15,17-24,26-28H,3,10H2/t13-,14+,15-,17+,18-,19+,20-,21-/m1/s1. The number of aliphatic hydroxyl groups excluding tert-OH is 5. The molecule has 2 aliphatic rings. The predicted octanol–water partition coefficient (Wildman–Crippen LogP) is -1.18. The lowest BCUT2D eigenvalue weighted by molar-refractivity contribution is -0.320. The molecule has 6 N–H and O–H groups in total. The van der Waals surface area contributed by atoms with E-state index in [-0.39, 0.29) is 12.2 Å². The number of ether oxygens (including phenoxy) is 3. The van der Waals surface area contributed by atoms with E-state index in [4.69, 9.17) is 14.2 Å². The number of carbonyl (C=O) groups excluding carboxylic acids is 1. The topological polar surface area (TPSA) is 166 Å². The molecule has 1 aliphatic carbocycles. The fourth-order valence-electron chi connectivity index (χ4n) is 3.35. The van der Waals surface area contributed by atoms with Crippen molar-refractivity contribution in [1.82, 2.24) is 0 Å². The summed E-state index contributed by atoms with van der Waals surface area (Å²) in [5.74, 6) is -0.799. The normalized spacial score (nSPS) is 35.9. The van der Waals surface area contributed by atoms with E-state index in [1.165, 1.54) is 24.3 Å². The van der Waals surface area contributed by atoms with E-state index in [2.05, 4.69) is 0 Å². The summed E-state index contributed by atoms with van der Waals surface area (Å²) >= 11 is 0. The van der Waals surface area contributed by atoms with Crippen molar-refractivity contribution in [3.63, 3.8) is 0 Å². The number of rotatable bonds is 6. The summed E-state index contributed by atoms with van der Waals surface area (Å²) < 4.78 is 16.4. The molecule has 1 aromatic rings. The quantitative estimate of drug-likeness (QED) is 0.181. The van der Waals surface area contributed by atoms with Crippen LogP contribution in [0.1, 0.15) is 12.0 Å². The van der Waals surface area contributed by atoms with Crippen LogP contribution in [0.5, 0.6) is 5.75 Å². The Hall–Kier alpha value is -2.31. The van der Waals surface area contributed by atoms with Gasteiger partial charge in [-0.15, -0.1) is 0 Å². The molecule has 0 spiro atoms. The van der Waals surface area contributed by atoms with Crippen molar-refractivity contribution in [2.75, 3.05) is 6.61 Å². The zero-order valence-corrected chi connectivity index (χ0v) is 16.5. The lowest BCUT2D eigenvalue weighted by Crippen LogP contribution is -2.61. The van der Waals surface area contributed by atoms with E-state index in [1.807, 2.05) is 0 Å². The highest BCUT2D eigenvalue weighted by molar-refractivity contribution is 5.87. The monoisotopic (exact) mass is 438 g/mol. The molecule has 1 aliphatic heterocycles. The Bertz CT molecular complexity index is 792. The number of aliphatic hydroxyl groups is 5.